The number of halogens is 2. The molecule has 0 fully saturated rings. The van der Waals surface area contributed by atoms with E-state index in [4.69, 9.17) is 16.3 Å². The second-order valence-corrected chi connectivity index (χ2v) is 6.02. The molecule has 134 valence electrons. The zero-order valence-electron chi connectivity index (χ0n) is 13.9. The second kappa shape index (κ2) is 7.51. The monoisotopic (exact) mass is 381 g/mol. The van der Waals surface area contributed by atoms with Crippen LogP contribution in [-0.4, -0.2) is 19.9 Å². The van der Waals surface area contributed by atoms with Crippen molar-refractivity contribution in [1.29, 1.82) is 0 Å². The summed E-state index contributed by atoms with van der Waals surface area (Å²) in [6.45, 7) is 0.252. The van der Waals surface area contributed by atoms with Crippen LogP contribution in [0.15, 0.2) is 61.3 Å². The van der Waals surface area contributed by atoms with Crippen molar-refractivity contribution in [2.75, 3.05) is 5.32 Å². The van der Waals surface area contributed by atoms with Crippen molar-refractivity contribution in [3.63, 3.8) is 0 Å². The van der Waals surface area contributed by atoms with Crippen LogP contribution in [0.5, 0.6) is 5.75 Å². The number of nitrogens with zero attached hydrogens (tertiary/aromatic N) is 4. The third-order valence-electron chi connectivity index (χ3n) is 3.80. The molecule has 2 aromatic heterocycles. The Labute approximate surface area is 159 Å². The van der Waals surface area contributed by atoms with Crippen LogP contribution in [0.4, 0.5) is 15.9 Å². The lowest BCUT2D eigenvalue weighted by Gasteiger charge is -2.11. The number of fused-ring (bicyclic) bond motifs is 1. The van der Waals surface area contributed by atoms with Gasteiger partial charge in [-0.05, 0) is 30.3 Å². The highest BCUT2D eigenvalue weighted by Crippen LogP contribution is 2.31. The SMILES string of the molecule is Fc1cccc2ncnc(Nc3ccc(OCc4cnccn4)c(Cl)c3)c12. The first-order chi connectivity index (χ1) is 13.2. The lowest BCUT2D eigenvalue weighted by molar-refractivity contribution is 0.301. The van der Waals surface area contributed by atoms with Gasteiger partial charge in [0.05, 0.1) is 27.8 Å². The smallest absolute Gasteiger partial charge is 0.144 e. The maximum atomic E-state index is 14.2. The second-order valence-electron chi connectivity index (χ2n) is 5.61. The molecule has 0 amide bonds. The average Bonchev–Trinajstić information content (AvgIpc) is 2.68. The standard InChI is InChI=1S/C19H13ClFN5O/c20-14-8-12(4-5-17(14)27-10-13-9-22-6-7-23-13)26-19-18-15(21)2-1-3-16(18)24-11-25-19/h1-9,11H,10H2,(H,24,25,26). The van der Waals surface area contributed by atoms with Crippen molar-refractivity contribution in [3.05, 3.63) is 77.8 Å². The number of hydrogen-bond donors (Lipinski definition) is 1. The normalized spacial score (nSPS) is 10.7. The van der Waals surface area contributed by atoms with Crippen LogP contribution < -0.4 is 10.1 Å². The number of nitrogens with one attached hydrogen (secondary N) is 1. The van der Waals surface area contributed by atoms with E-state index in [1.54, 1.807) is 48.9 Å². The van der Waals surface area contributed by atoms with Crippen LogP contribution >= 0.6 is 11.6 Å². The number of hydrogen-bond acceptors (Lipinski definition) is 6. The molecule has 2 aromatic carbocycles. The molecular formula is C19H13ClFN5O. The first-order valence-electron chi connectivity index (χ1n) is 8.04. The summed E-state index contributed by atoms with van der Waals surface area (Å²) < 4.78 is 19.8. The minimum absolute atomic E-state index is 0.252. The van der Waals surface area contributed by atoms with Gasteiger partial charge in [-0.1, -0.05) is 17.7 Å². The van der Waals surface area contributed by atoms with E-state index in [-0.39, 0.29) is 6.61 Å². The number of rotatable bonds is 5. The Hall–Kier alpha value is -3.32. The Kier molecular flexibility index (Phi) is 4.76. The van der Waals surface area contributed by atoms with Crippen LogP contribution in [0.2, 0.25) is 5.02 Å². The Morgan fingerprint density at radius 3 is 2.81 bits per heavy atom. The summed E-state index contributed by atoms with van der Waals surface area (Å²) in [4.78, 5) is 16.3. The molecule has 0 saturated heterocycles. The first-order valence-corrected chi connectivity index (χ1v) is 8.42. The topological polar surface area (TPSA) is 72.8 Å². The van der Waals surface area contributed by atoms with Crippen molar-refractivity contribution >= 4 is 34.0 Å². The van der Waals surface area contributed by atoms with Crippen LogP contribution in [-0.2, 0) is 6.61 Å². The van der Waals surface area contributed by atoms with Crippen molar-refractivity contribution in [3.8, 4) is 5.75 Å². The summed E-state index contributed by atoms with van der Waals surface area (Å²) in [5.74, 6) is 0.472. The van der Waals surface area contributed by atoms with E-state index in [1.807, 2.05) is 0 Å². The Bertz CT molecular complexity index is 1090. The number of benzene rings is 2. The van der Waals surface area contributed by atoms with Gasteiger partial charge in [-0.2, -0.15) is 0 Å². The van der Waals surface area contributed by atoms with E-state index in [0.29, 0.717) is 38.9 Å². The summed E-state index contributed by atoms with van der Waals surface area (Å²) in [6.07, 6.45) is 6.19. The van der Waals surface area contributed by atoms with Gasteiger partial charge in [0.1, 0.15) is 30.3 Å². The van der Waals surface area contributed by atoms with E-state index in [2.05, 4.69) is 25.3 Å². The molecule has 0 aliphatic carbocycles. The molecule has 2 heterocycles. The lowest BCUT2D eigenvalue weighted by atomic mass is 10.2. The van der Waals surface area contributed by atoms with E-state index >= 15 is 0 Å². The highest BCUT2D eigenvalue weighted by molar-refractivity contribution is 6.32. The summed E-state index contributed by atoms with van der Waals surface area (Å²) in [5.41, 5.74) is 1.86. The predicted molar refractivity (Wildman–Crippen MR) is 101 cm³/mol. The van der Waals surface area contributed by atoms with Crippen LogP contribution in [0.25, 0.3) is 10.9 Å². The van der Waals surface area contributed by atoms with Crippen LogP contribution in [0, 0.1) is 5.82 Å². The molecule has 0 saturated carbocycles. The predicted octanol–water partition coefficient (Wildman–Crippen LogP) is 4.53. The molecule has 0 unspecified atom stereocenters. The highest BCUT2D eigenvalue weighted by Gasteiger charge is 2.10. The molecule has 8 heteroatoms. The summed E-state index contributed by atoms with van der Waals surface area (Å²) in [5, 5.41) is 3.80. The maximum absolute atomic E-state index is 14.2. The molecular weight excluding hydrogens is 369 g/mol. The molecule has 0 radical (unpaired) electrons. The van der Waals surface area contributed by atoms with Gasteiger partial charge in [0.2, 0.25) is 0 Å². The van der Waals surface area contributed by atoms with Crippen molar-refractivity contribution in [2.24, 2.45) is 0 Å². The Morgan fingerprint density at radius 1 is 1.07 bits per heavy atom. The third-order valence-corrected chi connectivity index (χ3v) is 4.09. The van der Waals surface area contributed by atoms with Gasteiger partial charge in [-0.25, -0.2) is 14.4 Å². The van der Waals surface area contributed by atoms with Gasteiger partial charge in [-0.3, -0.25) is 9.97 Å². The molecule has 6 nitrogen and oxygen atoms in total. The van der Waals surface area contributed by atoms with Gasteiger partial charge in [-0.15, -0.1) is 0 Å². The zero-order valence-corrected chi connectivity index (χ0v) is 14.7. The van der Waals surface area contributed by atoms with E-state index in [1.165, 1.54) is 12.4 Å². The largest absolute Gasteiger partial charge is 0.486 e. The summed E-state index contributed by atoms with van der Waals surface area (Å²) in [6, 6.07) is 9.87. The fourth-order valence-corrected chi connectivity index (χ4v) is 2.79. The average molecular weight is 382 g/mol. The molecule has 4 aromatic rings. The Balaban J connectivity index is 1.55. The van der Waals surface area contributed by atoms with Gasteiger partial charge < -0.3 is 10.1 Å². The molecule has 4 rings (SSSR count). The molecule has 0 atom stereocenters. The van der Waals surface area contributed by atoms with Crippen molar-refractivity contribution < 1.29 is 9.13 Å². The zero-order chi connectivity index (χ0) is 18.6. The van der Waals surface area contributed by atoms with E-state index in [9.17, 15) is 4.39 Å². The first kappa shape index (κ1) is 17.1. The molecule has 0 spiro atoms. The quantitative estimate of drug-likeness (QED) is 0.547. The number of anilines is 2. The third kappa shape index (κ3) is 3.78. The summed E-state index contributed by atoms with van der Waals surface area (Å²) in [7, 11) is 0. The van der Waals surface area contributed by atoms with E-state index in [0.717, 1.165) is 0 Å². The van der Waals surface area contributed by atoms with Crippen LogP contribution in [0.1, 0.15) is 5.69 Å². The molecule has 0 aliphatic rings. The summed E-state index contributed by atoms with van der Waals surface area (Å²) >= 11 is 6.30. The van der Waals surface area contributed by atoms with Gasteiger partial charge in [0.25, 0.3) is 0 Å². The van der Waals surface area contributed by atoms with E-state index < -0.39 is 5.82 Å². The van der Waals surface area contributed by atoms with Crippen molar-refractivity contribution in [2.45, 2.75) is 6.61 Å². The maximum Gasteiger partial charge on any atom is 0.144 e. The number of ether oxygens (including phenoxy) is 1. The molecule has 0 aliphatic heterocycles. The van der Waals surface area contributed by atoms with Gasteiger partial charge >= 0.3 is 0 Å². The molecule has 0 bridgehead atoms. The lowest BCUT2D eigenvalue weighted by Crippen LogP contribution is -2.00. The molecule has 1 N–H and O–H groups in total. The van der Waals surface area contributed by atoms with Crippen LogP contribution in [0.3, 0.4) is 0 Å². The van der Waals surface area contributed by atoms with Gasteiger partial charge in [0.15, 0.2) is 0 Å². The number of aromatic nitrogens is 4. The van der Waals surface area contributed by atoms with Crippen molar-refractivity contribution in [1.82, 2.24) is 19.9 Å². The fourth-order valence-electron chi connectivity index (χ4n) is 2.55. The molecule has 27 heavy (non-hydrogen) atoms. The fraction of sp³-hybridized carbons (Fsp3) is 0.0526. The Morgan fingerprint density at radius 2 is 2.00 bits per heavy atom. The minimum Gasteiger partial charge on any atom is -0.486 e. The highest BCUT2D eigenvalue weighted by atomic mass is 35.5. The van der Waals surface area contributed by atoms with Gasteiger partial charge in [0, 0.05) is 18.1 Å². The minimum atomic E-state index is -0.398.